The molecule has 5 heterocycles. The molecule has 194 valence electrons. The lowest BCUT2D eigenvalue weighted by Gasteiger charge is -2.39. The number of hydrogen-bond donors (Lipinski definition) is 1. The van der Waals surface area contributed by atoms with E-state index in [4.69, 9.17) is 4.98 Å². The highest BCUT2D eigenvalue weighted by Crippen LogP contribution is 2.25. The van der Waals surface area contributed by atoms with Crippen LogP contribution in [-0.2, 0) is 0 Å². The number of nitrogens with one attached hydrogen (secondary N) is 1. The maximum atomic E-state index is 13.7. The molecule has 7 rings (SSSR count). The van der Waals surface area contributed by atoms with Crippen LogP contribution in [0.1, 0.15) is 6.92 Å². The van der Waals surface area contributed by atoms with Crippen LogP contribution in [0.25, 0.3) is 33.5 Å². The molecule has 1 aliphatic heterocycles. The third-order valence-electron chi connectivity index (χ3n) is 7.37. The SMILES string of the molecule is CC1CN(c2ccc(Nc3ncc4c(=O)n5c(nc4n3)c3ccccc3n5-c3ncccn3)cc2)CCN1C. The summed E-state index contributed by atoms with van der Waals surface area (Å²) in [6, 6.07) is 18.1. The lowest BCUT2D eigenvalue weighted by atomic mass is 10.1. The smallest absolute Gasteiger partial charge is 0.284 e. The molecule has 0 radical (unpaired) electrons. The molecule has 1 saturated heterocycles. The van der Waals surface area contributed by atoms with Crippen LogP contribution in [0.2, 0.25) is 0 Å². The average molecular weight is 519 g/mol. The molecule has 0 spiro atoms. The molecule has 2 aromatic carbocycles. The summed E-state index contributed by atoms with van der Waals surface area (Å²) in [5.41, 5.74) is 3.32. The Hall–Kier alpha value is -4.90. The number of fused-ring (bicyclic) bond motifs is 4. The molecular formula is C28H26N10O. The number of benzene rings is 2. The molecule has 0 amide bonds. The lowest BCUT2D eigenvalue weighted by molar-refractivity contribution is 0.234. The van der Waals surface area contributed by atoms with Gasteiger partial charge in [0.1, 0.15) is 5.39 Å². The molecule has 11 heteroatoms. The zero-order valence-corrected chi connectivity index (χ0v) is 21.6. The summed E-state index contributed by atoms with van der Waals surface area (Å²) in [6.45, 7) is 5.30. The maximum absolute atomic E-state index is 13.7. The van der Waals surface area contributed by atoms with Gasteiger partial charge >= 0.3 is 0 Å². The highest BCUT2D eigenvalue weighted by Gasteiger charge is 2.21. The van der Waals surface area contributed by atoms with Crippen LogP contribution in [-0.4, -0.2) is 71.7 Å². The summed E-state index contributed by atoms with van der Waals surface area (Å²) < 4.78 is 3.16. The van der Waals surface area contributed by atoms with Crippen LogP contribution in [0.4, 0.5) is 17.3 Å². The Labute approximate surface area is 223 Å². The first-order valence-electron chi connectivity index (χ1n) is 12.9. The van der Waals surface area contributed by atoms with E-state index in [0.717, 1.165) is 36.2 Å². The number of nitrogens with zero attached hydrogens (tertiary/aromatic N) is 9. The third kappa shape index (κ3) is 3.94. The van der Waals surface area contributed by atoms with E-state index in [9.17, 15) is 4.79 Å². The summed E-state index contributed by atoms with van der Waals surface area (Å²) >= 11 is 0. The van der Waals surface area contributed by atoms with E-state index < -0.39 is 0 Å². The van der Waals surface area contributed by atoms with Crippen LogP contribution in [0.3, 0.4) is 0 Å². The number of rotatable bonds is 4. The summed E-state index contributed by atoms with van der Waals surface area (Å²) in [5, 5.41) is 4.36. The molecule has 6 aromatic rings. The second-order valence-corrected chi connectivity index (χ2v) is 9.81. The third-order valence-corrected chi connectivity index (χ3v) is 7.37. The minimum Gasteiger partial charge on any atom is -0.369 e. The first-order chi connectivity index (χ1) is 19.1. The zero-order valence-electron chi connectivity index (χ0n) is 21.6. The van der Waals surface area contributed by atoms with Gasteiger partial charge < -0.3 is 15.1 Å². The van der Waals surface area contributed by atoms with E-state index in [2.05, 4.69) is 61.2 Å². The Balaban J connectivity index is 1.26. The highest BCUT2D eigenvalue weighted by atomic mass is 16.1. The van der Waals surface area contributed by atoms with Gasteiger partial charge in [0.2, 0.25) is 11.9 Å². The monoisotopic (exact) mass is 518 g/mol. The van der Waals surface area contributed by atoms with Gasteiger partial charge in [-0.15, -0.1) is 0 Å². The van der Waals surface area contributed by atoms with E-state index in [1.54, 1.807) is 23.1 Å². The lowest BCUT2D eigenvalue weighted by Crippen LogP contribution is -2.50. The molecular weight excluding hydrogens is 492 g/mol. The van der Waals surface area contributed by atoms with E-state index >= 15 is 0 Å². The van der Waals surface area contributed by atoms with Crippen molar-refractivity contribution in [2.24, 2.45) is 0 Å². The maximum Gasteiger partial charge on any atom is 0.284 e. The Bertz CT molecular complexity index is 1880. The van der Waals surface area contributed by atoms with Gasteiger partial charge in [0.05, 0.1) is 5.52 Å². The molecule has 1 fully saturated rings. The summed E-state index contributed by atoms with van der Waals surface area (Å²) in [5.74, 6) is 0.746. The average Bonchev–Trinajstić information content (AvgIpc) is 3.30. The fourth-order valence-corrected chi connectivity index (χ4v) is 5.11. The van der Waals surface area contributed by atoms with Gasteiger partial charge in [0, 0.05) is 61.0 Å². The molecule has 4 aromatic heterocycles. The Morgan fingerprint density at radius 2 is 1.69 bits per heavy atom. The second kappa shape index (κ2) is 9.14. The Morgan fingerprint density at radius 3 is 2.49 bits per heavy atom. The number of aromatic nitrogens is 7. The van der Waals surface area contributed by atoms with Gasteiger partial charge in [-0.25, -0.2) is 24.6 Å². The van der Waals surface area contributed by atoms with E-state index in [0.29, 0.717) is 34.6 Å². The van der Waals surface area contributed by atoms with E-state index in [1.807, 2.05) is 36.4 Å². The topological polar surface area (TPSA) is 109 Å². The number of likely N-dealkylation sites (N-methyl/N-ethyl adjacent to an activating group) is 1. The van der Waals surface area contributed by atoms with Gasteiger partial charge in [-0.1, -0.05) is 12.1 Å². The summed E-state index contributed by atoms with van der Waals surface area (Å²) in [4.78, 5) is 41.0. The van der Waals surface area contributed by atoms with Crippen molar-refractivity contribution in [1.29, 1.82) is 0 Å². The minimum atomic E-state index is -0.295. The van der Waals surface area contributed by atoms with Gasteiger partial charge in [-0.2, -0.15) is 9.50 Å². The van der Waals surface area contributed by atoms with Crippen molar-refractivity contribution >= 4 is 44.9 Å². The predicted molar refractivity (Wildman–Crippen MR) is 151 cm³/mol. The van der Waals surface area contributed by atoms with Crippen molar-refractivity contribution in [2.75, 3.05) is 36.9 Å². The van der Waals surface area contributed by atoms with Crippen molar-refractivity contribution in [2.45, 2.75) is 13.0 Å². The second-order valence-electron chi connectivity index (χ2n) is 9.81. The van der Waals surface area contributed by atoms with Crippen LogP contribution in [0.15, 0.2) is 78.0 Å². The molecule has 0 saturated carbocycles. The fourth-order valence-electron chi connectivity index (χ4n) is 5.11. The first kappa shape index (κ1) is 23.2. The highest BCUT2D eigenvalue weighted by molar-refractivity contribution is 5.95. The van der Waals surface area contributed by atoms with Gasteiger partial charge in [0.15, 0.2) is 11.3 Å². The largest absolute Gasteiger partial charge is 0.369 e. The van der Waals surface area contributed by atoms with Gasteiger partial charge in [-0.05, 0) is 56.4 Å². The standard InChI is InChI=1S/C28H26N10O/c1-18-17-36(15-14-35(18)2)20-10-8-19(9-11-20)32-27-31-16-22-24(34-27)33-25-21-6-3-4-7-23(21)37(38(25)26(22)39)28-29-12-5-13-30-28/h3-13,16,18H,14-15,17H2,1-2H3,(H,31,32,34). The first-order valence-corrected chi connectivity index (χ1v) is 12.9. The quantitative estimate of drug-likeness (QED) is 0.376. The molecule has 1 atom stereocenters. The normalized spacial score (nSPS) is 16.4. The summed E-state index contributed by atoms with van der Waals surface area (Å²) in [7, 11) is 2.17. The van der Waals surface area contributed by atoms with Gasteiger partial charge in [-0.3, -0.25) is 4.79 Å². The van der Waals surface area contributed by atoms with Crippen molar-refractivity contribution in [3.8, 4) is 5.95 Å². The van der Waals surface area contributed by atoms with Crippen LogP contribution in [0.5, 0.6) is 0 Å². The number of hydrogen-bond acceptors (Lipinski definition) is 9. The fraction of sp³-hybridized carbons (Fsp3) is 0.214. The molecule has 0 bridgehead atoms. The number of anilines is 3. The van der Waals surface area contributed by atoms with Gasteiger partial charge in [0.25, 0.3) is 5.56 Å². The molecule has 11 nitrogen and oxygen atoms in total. The van der Waals surface area contributed by atoms with Crippen molar-refractivity contribution in [3.63, 3.8) is 0 Å². The Morgan fingerprint density at radius 1 is 0.897 bits per heavy atom. The van der Waals surface area contributed by atoms with Crippen LogP contribution in [0, 0.1) is 0 Å². The van der Waals surface area contributed by atoms with E-state index in [-0.39, 0.29) is 5.56 Å². The minimum absolute atomic E-state index is 0.295. The zero-order chi connectivity index (χ0) is 26.5. The Kier molecular flexibility index (Phi) is 5.44. The van der Waals surface area contributed by atoms with Crippen LogP contribution < -0.4 is 15.8 Å². The number of piperazine rings is 1. The molecule has 1 unspecified atom stereocenters. The van der Waals surface area contributed by atoms with Crippen molar-refractivity contribution < 1.29 is 0 Å². The molecule has 1 N–H and O–H groups in total. The predicted octanol–water partition coefficient (Wildman–Crippen LogP) is 3.26. The molecule has 0 aliphatic carbocycles. The number of para-hydroxylation sites is 1. The van der Waals surface area contributed by atoms with Crippen LogP contribution >= 0.6 is 0 Å². The van der Waals surface area contributed by atoms with E-state index in [1.165, 1.54) is 16.4 Å². The molecule has 39 heavy (non-hydrogen) atoms. The summed E-state index contributed by atoms with van der Waals surface area (Å²) in [6.07, 6.45) is 4.80. The van der Waals surface area contributed by atoms with Crippen molar-refractivity contribution in [1.82, 2.24) is 39.0 Å². The van der Waals surface area contributed by atoms with Crippen molar-refractivity contribution in [3.05, 3.63) is 83.5 Å². The molecule has 1 aliphatic rings.